The predicted molar refractivity (Wildman–Crippen MR) is 123 cm³/mol. The normalized spacial score (nSPS) is 15.2. The summed E-state index contributed by atoms with van der Waals surface area (Å²) in [5.74, 6) is 0.261. The summed E-state index contributed by atoms with van der Waals surface area (Å²) in [6.07, 6.45) is 6.21. The number of halogens is 1. The highest BCUT2D eigenvalue weighted by Crippen LogP contribution is 2.18. The Morgan fingerprint density at radius 1 is 1.06 bits per heavy atom. The number of amides is 2. The zero-order chi connectivity index (χ0) is 22.1. The van der Waals surface area contributed by atoms with Gasteiger partial charge in [0.05, 0.1) is 0 Å². The lowest BCUT2D eigenvalue weighted by atomic mass is 9.95. The summed E-state index contributed by atoms with van der Waals surface area (Å²) in [7, 11) is 0. The molecule has 0 saturated heterocycles. The molecule has 1 saturated carbocycles. The van der Waals surface area contributed by atoms with Crippen molar-refractivity contribution in [3.8, 4) is 5.75 Å². The lowest BCUT2D eigenvalue weighted by molar-refractivity contribution is -0.141. The molecule has 2 amide bonds. The van der Waals surface area contributed by atoms with Gasteiger partial charge in [0, 0.05) is 17.6 Å². The maximum absolute atomic E-state index is 13.0. The summed E-state index contributed by atoms with van der Waals surface area (Å²) in [4.78, 5) is 27.6. The van der Waals surface area contributed by atoms with Gasteiger partial charge in [-0.25, -0.2) is 0 Å². The van der Waals surface area contributed by atoms with Gasteiger partial charge in [-0.05, 0) is 56.0 Å². The minimum atomic E-state index is -0.563. The third-order valence-electron chi connectivity index (χ3n) is 5.78. The highest BCUT2D eigenvalue weighted by molar-refractivity contribution is 6.30. The largest absolute Gasteiger partial charge is 0.484 e. The molecule has 0 heterocycles. The van der Waals surface area contributed by atoms with Crippen LogP contribution in [-0.4, -0.2) is 41.9 Å². The molecule has 0 radical (unpaired) electrons. The Kier molecular flexibility index (Phi) is 8.77. The third-order valence-corrected chi connectivity index (χ3v) is 6.03. The van der Waals surface area contributed by atoms with Gasteiger partial charge in [0.15, 0.2) is 6.61 Å². The second kappa shape index (κ2) is 11.8. The second-order valence-corrected chi connectivity index (χ2v) is 8.52. The minimum Gasteiger partial charge on any atom is -0.484 e. The molecule has 0 bridgehead atoms. The molecule has 1 unspecified atom stereocenters. The van der Waals surface area contributed by atoms with E-state index in [4.69, 9.17) is 16.3 Å². The Balaban J connectivity index is 1.63. The fraction of sp³-hybridized carbons (Fsp3) is 0.440. The summed E-state index contributed by atoms with van der Waals surface area (Å²) >= 11 is 5.91. The molecule has 1 atom stereocenters. The average Bonchev–Trinajstić information content (AvgIpc) is 2.80. The maximum Gasteiger partial charge on any atom is 0.261 e. The van der Waals surface area contributed by atoms with Crippen LogP contribution in [0, 0.1) is 0 Å². The van der Waals surface area contributed by atoms with Crippen molar-refractivity contribution in [3.63, 3.8) is 0 Å². The molecule has 166 valence electrons. The molecule has 0 spiro atoms. The van der Waals surface area contributed by atoms with E-state index >= 15 is 0 Å². The molecule has 1 N–H and O–H groups in total. The van der Waals surface area contributed by atoms with Crippen molar-refractivity contribution in [1.29, 1.82) is 0 Å². The van der Waals surface area contributed by atoms with Crippen LogP contribution in [0.4, 0.5) is 0 Å². The molecule has 1 fully saturated rings. The van der Waals surface area contributed by atoms with E-state index in [1.54, 1.807) is 36.1 Å². The number of carbonyl (C=O) groups is 2. The monoisotopic (exact) mass is 442 g/mol. The zero-order valence-corrected chi connectivity index (χ0v) is 18.8. The number of hydrogen-bond acceptors (Lipinski definition) is 3. The van der Waals surface area contributed by atoms with Crippen LogP contribution in [-0.2, 0) is 16.0 Å². The minimum absolute atomic E-state index is 0.0974. The van der Waals surface area contributed by atoms with E-state index in [2.05, 4.69) is 5.32 Å². The summed E-state index contributed by atoms with van der Waals surface area (Å²) in [5.41, 5.74) is 1.12. The van der Waals surface area contributed by atoms with Gasteiger partial charge < -0.3 is 15.0 Å². The van der Waals surface area contributed by atoms with Crippen LogP contribution in [0.5, 0.6) is 5.75 Å². The molecule has 2 aromatic carbocycles. The molecule has 0 aliphatic heterocycles. The molecule has 1 aliphatic carbocycles. The summed E-state index contributed by atoms with van der Waals surface area (Å²) < 4.78 is 5.65. The highest BCUT2D eigenvalue weighted by atomic mass is 35.5. The van der Waals surface area contributed by atoms with Crippen LogP contribution in [0.15, 0.2) is 54.6 Å². The van der Waals surface area contributed by atoms with Gasteiger partial charge >= 0.3 is 0 Å². The molecule has 31 heavy (non-hydrogen) atoms. The van der Waals surface area contributed by atoms with Gasteiger partial charge in [0.1, 0.15) is 11.8 Å². The summed E-state index contributed by atoms with van der Waals surface area (Å²) in [6.45, 7) is 2.12. The Bertz CT molecular complexity index is 836. The first-order chi connectivity index (χ1) is 15.0. The van der Waals surface area contributed by atoms with Crippen LogP contribution in [0.1, 0.15) is 44.6 Å². The number of rotatable bonds is 9. The number of nitrogens with zero attached hydrogens (tertiary/aromatic N) is 1. The lowest BCUT2D eigenvalue weighted by Crippen LogP contribution is -2.52. The van der Waals surface area contributed by atoms with Gasteiger partial charge in [-0.3, -0.25) is 9.59 Å². The molecule has 0 aromatic heterocycles. The van der Waals surface area contributed by atoms with E-state index in [0.717, 1.165) is 31.2 Å². The Morgan fingerprint density at radius 3 is 2.42 bits per heavy atom. The summed E-state index contributed by atoms with van der Waals surface area (Å²) in [5, 5.41) is 3.75. The average molecular weight is 443 g/mol. The van der Waals surface area contributed by atoms with E-state index in [9.17, 15) is 9.59 Å². The Morgan fingerprint density at radius 2 is 1.74 bits per heavy atom. The second-order valence-electron chi connectivity index (χ2n) is 8.08. The van der Waals surface area contributed by atoms with Crippen molar-refractivity contribution in [2.75, 3.05) is 13.2 Å². The maximum atomic E-state index is 13.0. The van der Waals surface area contributed by atoms with E-state index in [1.807, 2.05) is 30.3 Å². The molecule has 5 nitrogen and oxygen atoms in total. The molecular weight excluding hydrogens is 412 g/mol. The van der Waals surface area contributed by atoms with Gasteiger partial charge in [0.25, 0.3) is 5.91 Å². The van der Waals surface area contributed by atoms with Crippen LogP contribution < -0.4 is 10.1 Å². The third kappa shape index (κ3) is 7.28. The zero-order valence-electron chi connectivity index (χ0n) is 18.1. The van der Waals surface area contributed by atoms with E-state index in [1.165, 1.54) is 6.42 Å². The highest BCUT2D eigenvalue weighted by Gasteiger charge is 2.28. The number of benzene rings is 2. The van der Waals surface area contributed by atoms with Crippen LogP contribution in [0.3, 0.4) is 0 Å². The molecule has 2 aromatic rings. The van der Waals surface area contributed by atoms with Crippen molar-refractivity contribution in [1.82, 2.24) is 10.2 Å². The van der Waals surface area contributed by atoms with Gasteiger partial charge in [-0.1, -0.05) is 61.2 Å². The van der Waals surface area contributed by atoms with Crippen molar-refractivity contribution in [2.45, 2.75) is 57.5 Å². The first kappa shape index (κ1) is 23.1. The standard InChI is InChI=1S/C25H31ClN2O3/c1-19(25(30)27-22-10-6-3-7-11-22)28(17-16-20-8-4-2-5-9-20)24(29)18-31-23-14-12-21(26)13-15-23/h2,4-5,8-9,12-15,19,22H,3,6-7,10-11,16-18H2,1H3,(H,27,30). The van der Waals surface area contributed by atoms with Crippen molar-refractivity contribution < 1.29 is 14.3 Å². The fourth-order valence-corrected chi connectivity index (χ4v) is 4.02. The van der Waals surface area contributed by atoms with Gasteiger partial charge in [0.2, 0.25) is 5.91 Å². The van der Waals surface area contributed by atoms with Crippen LogP contribution >= 0.6 is 11.6 Å². The number of nitrogens with one attached hydrogen (secondary N) is 1. The van der Waals surface area contributed by atoms with E-state index < -0.39 is 6.04 Å². The van der Waals surface area contributed by atoms with E-state index in [0.29, 0.717) is 23.7 Å². The van der Waals surface area contributed by atoms with E-state index in [-0.39, 0.29) is 24.5 Å². The molecule has 3 rings (SSSR count). The number of hydrogen-bond donors (Lipinski definition) is 1. The van der Waals surface area contributed by atoms with Gasteiger partial charge in [-0.2, -0.15) is 0 Å². The lowest BCUT2D eigenvalue weighted by Gasteiger charge is -2.31. The van der Waals surface area contributed by atoms with Crippen molar-refractivity contribution in [3.05, 3.63) is 65.2 Å². The quantitative estimate of drug-likeness (QED) is 0.616. The molecular formula is C25H31ClN2O3. The first-order valence-corrected chi connectivity index (χ1v) is 11.4. The summed E-state index contributed by atoms with van der Waals surface area (Å²) in [6, 6.07) is 16.5. The van der Waals surface area contributed by atoms with Gasteiger partial charge in [-0.15, -0.1) is 0 Å². The number of carbonyl (C=O) groups excluding carboxylic acids is 2. The Labute approximate surface area is 189 Å². The topological polar surface area (TPSA) is 58.6 Å². The predicted octanol–water partition coefficient (Wildman–Crippen LogP) is 4.63. The van der Waals surface area contributed by atoms with Crippen LogP contribution in [0.2, 0.25) is 5.02 Å². The molecule has 1 aliphatic rings. The van der Waals surface area contributed by atoms with Crippen LogP contribution in [0.25, 0.3) is 0 Å². The Hall–Kier alpha value is -2.53. The SMILES string of the molecule is CC(C(=O)NC1CCCCC1)N(CCc1ccccc1)C(=O)COc1ccc(Cl)cc1. The van der Waals surface area contributed by atoms with Crippen molar-refractivity contribution in [2.24, 2.45) is 0 Å². The first-order valence-electron chi connectivity index (χ1n) is 11.0. The number of ether oxygens (including phenoxy) is 1. The smallest absolute Gasteiger partial charge is 0.261 e. The van der Waals surface area contributed by atoms with Crippen molar-refractivity contribution >= 4 is 23.4 Å². The molecule has 6 heteroatoms. The fourth-order valence-electron chi connectivity index (χ4n) is 3.90.